The van der Waals surface area contributed by atoms with E-state index in [1.807, 2.05) is 0 Å². The second-order valence-electron chi connectivity index (χ2n) is 15.4. The van der Waals surface area contributed by atoms with Crippen molar-refractivity contribution in [1.29, 1.82) is 0 Å². The van der Waals surface area contributed by atoms with Crippen LogP contribution in [-0.4, -0.2) is 0 Å². The lowest BCUT2D eigenvalue weighted by molar-refractivity contribution is 1.30. The lowest BCUT2D eigenvalue weighted by Gasteiger charge is -2.30. The lowest BCUT2D eigenvalue weighted by Crippen LogP contribution is -2.12. The van der Waals surface area contributed by atoms with Gasteiger partial charge in [0.15, 0.2) is 0 Å². The molecule has 0 aliphatic carbocycles. The number of hydrogen-bond donors (Lipinski definition) is 0. The Kier molecular flexibility index (Phi) is 8.56. The highest BCUT2D eigenvalue weighted by Gasteiger charge is 2.21. The van der Waals surface area contributed by atoms with Crippen LogP contribution in [0.15, 0.2) is 237 Å². The fourth-order valence-corrected chi connectivity index (χ4v) is 8.73. The highest BCUT2D eigenvalue weighted by atomic mass is 15.1. The molecule has 0 saturated heterocycles. The summed E-state index contributed by atoms with van der Waals surface area (Å²) >= 11 is 0. The molecule has 11 aromatic carbocycles. The lowest BCUT2D eigenvalue weighted by atomic mass is 9.94. The Labute approximate surface area is 344 Å². The molecule has 0 amide bonds. The van der Waals surface area contributed by atoms with Gasteiger partial charge in [-0.1, -0.05) is 188 Å². The van der Waals surface area contributed by atoms with Crippen LogP contribution in [0.4, 0.5) is 17.1 Å². The molecular weight excluding hydrogens is 711 g/mol. The van der Waals surface area contributed by atoms with E-state index in [1.165, 1.54) is 87.6 Å². The molecule has 0 aliphatic rings. The fraction of sp³-hybridized carbons (Fsp3) is 0. The van der Waals surface area contributed by atoms with Crippen LogP contribution in [0, 0.1) is 0 Å². The van der Waals surface area contributed by atoms with Gasteiger partial charge in [-0.05, 0) is 125 Å². The van der Waals surface area contributed by atoms with Gasteiger partial charge in [-0.2, -0.15) is 0 Å². The minimum absolute atomic E-state index is 1.09. The molecule has 0 radical (unpaired) electrons. The first-order chi connectivity index (χ1) is 29.2. The normalized spacial score (nSPS) is 11.4. The quantitative estimate of drug-likeness (QED) is 0.157. The van der Waals surface area contributed by atoms with Crippen LogP contribution in [0.25, 0.3) is 87.6 Å². The monoisotopic (exact) mass is 749 g/mol. The average molecular weight is 750 g/mol. The van der Waals surface area contributed by atoms with Gasteiger partial charge in [-0.25, -0.2) is 0 Å². The first-order valence-corrected chi connectivity index (χ1v) is 20.3. The maximum Gasteiger partial charge on any atom is 0.0546 e. The van der Waals surface area contributed by atoms with Crippen LogP contribution in [-0.2, 0) is 0 Å². The van der Waals surface area contributed by atoms with E-state index in [9.17, 15) is 0 Å². The van der Waals surface area contributed by atoms with E-state index in [2.05, 4.69) is 241 Å². The van der Waals surface area contributed by atoms with Crippen molar-refractivity contribution < 1.29 is 0 Å². The standard InChI is InChI=1S/C58H39N/c1-4-15-45-36-50(26-23-40(45)11-1)49-20-9-19-48(35-49)43-29-32-54(33-30-43)59(57-22-10-18-44-14-7-8-21-55(44)57)58-39-52(51-27-24-41-12-2-5-16-46(41)37-51)31-34-56(58)53-28-25-42-13-3-6-17-47(42)38-53/h1-39H. The zero-order valence-corrected chi connectivity index (χ0v) is 32.5. The zero-order chi connectivity index (χ0) is 39.1. The van der Waals surface area contributed by atoms with E-state index in [0.717, 1.165) is 17.1 Å². The van der Waals surface area contributed by atoms with E-state index in [-0.39, 0.29) is 0 Å². The van der Waals surface area contributed by atoms with Crippen molar-refractivity contribution in [3.8, 4) is 44.5 Å². The third-order valence-electron chi connectivity index (χ3n) is 11.8. The summed E-state index contributed by atoms with van der Waals surface area (Å²) in [4.78, 5) is 2.46. The van der Waals surface area contributed by atoms with Gasteiger partial charge in [-0.3, -0.25) is 0 Å². The molecule has 0 saturated carbocycles. The highest BCUT2D eigenvalue weighted by Crippen LogP contribution is 2.46. The van der Waals surface area contributed by atoms with Crippen molar-refractivity contribution in [3.63, 3.8) is 0 Å². The Bertz CT molecular complexity index is 3330. The van der Waals surface area contributed by atoms with Crippen LogP contribution in [0.5, 0.6) is 0 Å². The van der Waals surface area contributed by atoms with Gasteiger partial charge in [0, 0.05) is 16.6 Å². The van der Waals surface area contributed by atoms with Crippen molar-refractivity contribution in [3.05, 3.63) is 237 Å². The molecule has 0 aromatic heterocycles. The number of fused-ring (bicyclic) bond motifs is 4. The molecule has 1 heteroatoms. The van der Waals surface area contributed by atoms with E-state index in [4.69, 9.17) is 0 Å². The van der Waals surface area contributed by atoms with Gasteiger partial charge in [-0.15, -0.1) is 0 Å². The molecule has 59 heavy (non-hydrogen) atoms. The van der Waals surface area contributed by atoms with Gasteiger partial charge in [0.1, 0.15) is 0 Å². The predicted molar refractivity (Wildman–Crippen MR) is 253 cm³/mol. The number of hydrogen-bond acceptors (Lipinski definition) is 1. The third-order valence-corrected chi connectivity index (χ3v) is 11.8. The maximum absolute atomic E-state index is 2.46. The Morgan fingerprint density at radius 2 is 0.644 bits per heavy atom. The molecule has 0 spiro atoms. The molecule has 0 heterocycles. The van der Waals surface area contributed by atoms with Crippen LogP contribution >= 0.6 is 0 Å². The summed E-state index contributed by atoms with van der Waals surface area (Å²) in [6.45, 7) is 0. The van der Waals surface area contributed by atoms with Crippen LogP contribution < -0.4 is 4.90 Å². The Balaban J connectivity index is 1.09. The fourth-order valence-electron chi connectivity index (χ4n) is 8.73. The Hall–Kier alpha value is -7.74. The maximum atomic E-state index is 2.46. The molecule has 0 atom stereocenters. The molecule has 0 aliphatic heterocycles. The smallest absolute Gasteiger partial charge is 0.0546 e. The first-order valence-electron chi connectivity index (χ1n) is 20.3. The van der Waals surface area contributed by atoms with E-state index in [1.54, 1.807) is 0 Å². The molecule has 0 N–H and O–H groups in total. The van der Waals surface area contributed by atoms with Gasteiger partial charge < -0.3 is 4.90 Å². The summed E-state index contributed by atoms with van der Waals surface area (Å²) in [5.41, 5.74) is 12.8. The second kappa shape index (κ2) is 14.6. The van der Waals surface area contributed by atoms with Gasteiger partial charge in [0.25, 0.3) is 0 Å². The summed E-state index contributed by atoms with van der Waals surface area (Å²) in [6, 6.07) is 86.5. The molecule has 0 unspecified atom stereocenters. The third kappa shape index (κ3) is 6.49. The van der Waals surface area contributed by atoms with Gasteiger partial charge >= 0.3 is 0 Å². The van der Waals surface area contributed by atoms with Crippen molar-refractivity contribution in [2.75, 3.05) is 4.90 Å². The molecular formula is C58H39N. The molecule has 11 aromatic rings. The topological polar surface area (TPSA) is 3.24 Å². The molecule has 1 nitrogen and oxygen atoms in total. The Morgan fingerprint density at radius 1 is 0.220 bits per heavy atom. The first kappa shape index (κ1) is 34.5. The predicted octanol–water partition coefficient (Wildman–Crippen LogP) is 16.4. The van der Waals surface area contributed by atoms with Crippen molar-refractivity contribution in [2.24, 2.45) is 0 Å². The Morgan fingerprint density at radius 3 is 1.27 bits per heavy atom. The summed E-state index contributed by atoms with van der Waals surface area (Å²) in [5, 5.41) is 9.84. The molecule has 11 rings (SSSR count). The number of anilines is 3. The van der Waals surface area contributed by atoms with Crippen molar-refractivity contribution >= 4 is 60.2 Å². The number of nitrogens with zero attached hydrogens (tertiary/aromatic N) is 1. The largest absolute Gasteiger partial charge is 0.309 e. The van der Waals surface area contributed by atoms with Crippen LogP contribution in [0.2, 0.25) is 0 Å². The summed E-state index contributed by atoms with van der Waals surface area (Å²) in [7, 11) is 0. The van der Waals surface area contributed by atoms with Crippen molar-refractivity contribution in [1.82, 2.24) is 0 Å². The van der Waals surface area contributed by atoms with E-state index < -0.39 is 0 Å². The second-order valence-corrected chi connectivity index (χ2v) is 15.4. The summed E-state index contributed by atoms with van der Waals surface area (Å²) in [6.07, 6.45) is 0. The van der Waals surface area contributed by atoms with Crippen LogP contribution in [0.3, 0.4) is 0 Å². The minimum Gasteiger partial charge on any atom is -0.309 e. The summed E-state index contributed by atoms with van der Waals surface area (Å²) < 4.78 is 0. The molecule has 0 bridgehead atoms. The van der Waals surface area contributed by atoms with Crippen molar-refractivity contribution in [2.45, 2.75) is 0 Å². The SMILES string of the molecule is c1cc(-c2ccc(N(c3cc(-c4ccc5ccccc5c4)ccc3-c3ccc4ccccc4c3)c3cccc4ccccc34)cc2)cc(-c2ccc3ccccc3c2)c1. The zero-order valence-electron chi connectivity index (χ0n) is 32.5. The minimum atomic E-state index is 1.09. The average Bonchev–Trinajstić information content (AvgIpc) is 3.31. The van der Waals surface area contributed by atoms with Gasteiger partial charge in [0.05, 0.1) is 11.4 Å². The molecule has 0 fully saturated rings. The van der Waals surface area contributed by atoms with E-state index >= 15 is 0 Å². The van der Waals surface area contributed by atoms with Gasteiger partial charge in [0.2, 0.25) is 0 Å². The summed E-state index contributed by atoms with van der Waals surface area (Å²) in [5.74, 6) is 0. The van der Waals surface area contributed by atoms with Crippen LogP contribution in [0.1, 0.15) is 0 Å². The molecule has 276 valence electrons. The number of benzene rings is 11. The highest BCUT2D eigenvalue weighted by molar-refractivity contribution is 6.03. The van der Waals surface area contributed by atoms with E-state index in [0.29, 0.717) is 0 Å². The number of rotatable bonds is 7.